The highest BCUT2D eigenvalue weighted by Crippen LogP contribution is 2.41. The van der Waals surface area contributed by atoms with Crippen molar-refractivity contribution in [1.29, 1.82) is 0 Å². The van der Waals surface area contributed by atoms with Gasteiger partial charge >= 0.3 is 17.7 Å². The lowest BCUT2D eigenvalue weighted by molar-refractivity contribution is -0.203. The number of carbonyl (C=O) groups excluding carboxylic acids is 2. The second kappa shape index (κ2) is 13.4. The molecule has 2 aromatic rings. The number of aliphatic hydroxyl groups excluding tert-OH is 1. The molecule has 0 bridgehead atoms. The summed E-state index contributed by atoms with van der Waals surface area (Å²) >= 11 is 6.04. The lowest BCUT2D eigenvalue weighted by Gasteiger charge is -2.25. The van der Waals surface area contributed by atoms with E-state index in [1.807, 2.05) is 60.6 Å². The summed E-state index contributed by atoms with van der Waals surface area (Å²) < 4.78 is 22.7. The Bertz CT molecular complexity index is 1170. The molecule has 2 aromatic carbocycles. The highest BCUT2D eigenvalue weighted by Gasteiger charge is 2.60. The molecular weight excluding hydrogens is 546 g/mol. The van der Waals surface area contributed by atoms with Gasteiger partial charge in [-0.15, -0.1) is 0 Å². The van der Waals surface area contributed by atoms with Crippen LogP contribution in [0.5, 0.6) is 11.5 Å². The van der Waals surface area contributed by atoms with E-state index in [4.69, 9.17) is 30.5 Å². The summed E-state index contributed by atoms with van der Waals surface area (Å²) in [4.78, 5) is 26.5. The van der Waals surface area contributed by atoms with Gasteiger partial charge in [0, 0.05) is 17.6 Å². The van der Waals surface area contributed by atoms with Crippen LogP contribution >= 0.6 is 11.6 Å². The van der Waals surface area contributed by atoms with Gasteiger partial charge in [-0.25, -0.2) is 9.59 Å². The molecular formula is C32H44ClNO7. The molecule has 3 rings (SSSR count). The summed E-state index contributed by atoms with van der Waals surface area (Å²) in [5, 5.41) is 14.4. The van der Waals surface area contributed by atoms with Crippen LogP contribution in [0.2, 0.25) is 5.02 Å². The maximum atomic E-state index is 13.3. The van der Waals surface area contributed by atoms with Gasteiger partial charge in [0.15, 0.2) is 11.5 Å². The molecule has 8 nitrogen and oxygen atoms in total. The van der Waals surface area contributed by atoms with E-state index in [9.17, 15) is 14.7 Å². The van der Waals surface area contributed by atoms with Crippen molar-refractivity contribution in [2.24, 2.45) is 10.8 Å². The van der Waals surface area contributed by atoms with Crippen LogP contribution in [0.15, 0.2) is 42.5 Å². The Labute approximate surface area is 248 Å². The Morgan fingerprint density at radius 1 is 0.927 bits per heavy atom. The summed E-state index contributed by atoms with van der Waals surface area (Å²) in [6.07, 6.45) is 1.09. The molecule has 0 saturated carbocycles. The highest BCUT2D eigenvalue weighted by atomic mass is 35.5. The molecule has 1 aliphatic heterocycles. The maximum absolute atomic E-state index is 13.3. The molecule has 41 heavy (non-hydrogen) atoms. The van der Waals surface area contributed by atoms with E-state index in [1.54, 1.807) is 30.3 Å². The number of benzene rings is 2. The van der Waals surface area contributed by atoms with Crippen LogP contribution < -0.4 is 14.8 Å². The number of fused-ring (bicyclic) bond motifs is 1. The van der Waals surface area contributed by atoms with Crippen LogP contribution in [0.25, 0.3) is 0 Å². The van der Waals surface area contributed by atoms with Crippen LogP contribution in [-0.2, 0) is 25.5 Å². The second-order valence-electron chi connectivity index (χ2n) is 13.1. The van der Waals surface area contributed by atoms with Crippen LogP contribution in [0.1, 0.15) is 78.5 Å². The van der Waals surface area contributed by atoms with Crippen molar-refractivity contribution in [3.63, 3.8) is 0 Å². The van der Waals surface area contributed by atoms with Crippen LogP contribution in [0.4, 0.5) is 0 Å². The van der Waals surface area contributed by atoms with Crippen molar-refractivity contribution in [2.75, 3.05) is 19.8 Å². The molecule has 0 aliphatic carbocycles. The zero-order chi connectivity index (χ0) is 30.4. The van der Waals surface area contributed by atoms with E-state index in [1.165, 1.54) is 0 Å². The van der Waals surface area contributed by atoms with Gasteiger partial charge in [0.25, 0.3) is 0 Å². The van der Waals surface area contributed by atoms with Crippen molar-refractivity contribution >= 4 is 23.5 Å². The quantitative estimate of drug-likeness (QED) is 0.229. The fourth-order valence-electron chi connectivity index (χ4n) is 4.08. The lowest BCUT2D eigenvalue weighted by atomic mass is 9.93. The minimum atomic E-state index is -2.36. The Balaban J connectivity index is 1.68. The number of halogens is 1. The molecule has 2 atom stereocenters. The van der Waals surface area contributed by atoms with Crippen LogP contribution in [0, 0.1) is 10.8 Å². The largest absolute Gasteiger partial charge is 0.459 e. The van der Waals surface area contributed by atoms with Crippen molar-refractivity contribution in [3.8, 4) is 11.5 Å². The molecule has 2 N–H and O–H groups in total. The third-order valence-corrected chi connectivity index (χ3v) is 6.89. The highest BCUT2D eigenvalue weighted by molar-refractivity contribution is 6.30. The molecule has 0 unspecified atom stereocenters. The van der Waals surface area contributed by atoms with Crippen molar-refractivity contribution < 1.29 is 33.6 Å². The van der Waals surface area contributed by atoms with Gasteiger partial charge in [0.05, 0.1) is 19.3 Å². The van der Waals surface area contributed by atoms with Gasteiger partial charge < -0.3 is 29.4 Å². The maximum Gasteiger partial charge on any atom is 0.453 e. The third kappa shape index (κ3) is 9.62. The fourth-order valence-corrected chi connectivity index (χ4v) is 4.28. The molecule has 0 aromatic heterocycles. The first-order chi connectivity index (χ1) is 19.1. The number of carbonyl (C=O) groups is 2. The Hall–Kier alpha value is -2.81. The normalized spacial score (nSPS) is 15.7. The monoisotopic (exact) mass is 589 g/mol. The van der Waals surface area contributed by atoms with Gasteiger partial charge in [-0.05, 0) is 72.4 Å². The number of nitrogens with one attached hydrogen (secondary N) is 1. The predicted octanol–water partition coefficient (Wildman–Crippen LogP) is 6.02. The number of rotatable bonds is 12. The number of esters is 2. The van der Waals surface area contributed by atoms with Crippen LogP contribution in [-0.4, -0.2) is 48.6 Å². The first-order valence-electron chi connectivity index (χ1n) is 14.1. The average Bonchev–Trinajstić information content (AvgIpc) is 3.26. The van der Waals surface area contributed by atoms with E-state index in [2.05, 4.69) is 5.32 Å². The number of hydrogen-bond acceptors (Lipinski definition) is 8. The predicted molar refractivity (Wildman–Crippen MR) is 158 cm³/mol. The molecule has 1 heterocycles. The minimum Gasteiger partial charge on any atom is -0.459 e. The Kier molecular flexibility index (Phi) is 10.7. The first-order valence-corrected chi connectivity index (χ1v) is 14.5. The molecule has 0 radical (unpaired) electrons. The van der Waals surface area contributed by atoms with E-state index in [0.717, 1.165) is 11.1 Å². The summed E-state index contributed by atoms with van der Waals surface area (Å²) in [5.74, 6) is -3.72. The van der Waals surface area contributed by atoms with Gasteiger partial charge in [-0.3, -0.25) is 0 Å². The molecule has 0 spiro atoms. The Morgan fingerprint density at radius 2 is 1.51 bits per heavy atom. The third-order valence-electron chi connectivity index (χ3n) is 6.66. The Morgan fingerprint density at radius 3 is 2.07 bits per heavy atom. The molecule has 9 heteroatoms. The molecule has 0 amide bonds. The van der Waals surface area contributed by atoms with Gasteiger partial charge in [0.2, 0.25) is 0 Å². The number of hydrogen-bond donors (Lipinski definition) is 2. The molecule has 0 saturated heterocycles. The van der Waals surface area contributed by atoms with Crippen molar-refractivity contribution in [1.82, 2.24) is 5.32 Å². The SMILES string of the molecule is C[C@H](Cc1ccc2c(c1)OC(C(=O)OCCC(C)(C)C)(C(=O)OCCC(C)(C)C)O2)NC[C@H](O)c1cccc(Cl)c1. The van der Waals surface area contributed by atoms with Gasteiger partial charge in [0.1, 0.15) is 0 Å². The molecule has 226 valence electrons. The second-order valence-corrected chi connectivity index (χ2v) is 13.5. The van der Waals surface area contributed by atoms with Crippen molar-refractivity contribution in [3.05, 3.63) is 58.6 Å². The summed E-state index contributed by atoms with van der Waals surface area (Å²) in [7, 11) is 0. The minimum absolute atomic E-state index is 0.00121. The van der Waals surface area contributed by atoms with E-state index in [-0.39, 0.29) is 41.6 Å². The lowest BCUT2D eigenvalue weighted by Crippen LogP contribution is -2.56. The summed E-state index contributed by atoms with van der Waals surface area (Å²) in [6, 6.07) is 12.4. The zero-order valence-corrected chi connectivity index (χ0v) is 26.0. The van der Waals surface area contributed by atoms with Crippen LogP contribution in [0.3, 0.4) is 0 Å². The molecule has 1 aliphatic rings. The van der Waals surface area contributed by atoms with Gasteiger partial charge in [-0.1, -0.05) is 71.3 Å². The fraction of sp³-hybridized carbons (Fsp3) is 0.562. The average molecular weight is 590 g/mol. The van der Waals surface area contributed by atoms with E-state index >= 15 is 0 Å². The van der Waals surface area contributed by atoms with Crippen molar-refractivity contribution in [2.45, 2.75) is 85.7 Å². The summed E-state index contributed by atoms with van der Waals surface area (Å²) in [5.41, 5.74) is 1.50. The van der Waals surface area contributed by atoms with E-state index in [0.29, 0.717) is 30.8 Å². The zero-order valence-electron chi connectivity index (χ0n) is 25.2. The first kappa shape index (κ1) is 32.7. The number of aliphatic hydroxyl groups is 1. The standard InChI is InChI=1S/C32H44ClNO7/c1-21(34-20-25(35)23-9-8-10-24(33)19-23)17-22-11-12-26-27(18-22)41-32(40-26,28(36)38-15-13-30(2,3)4)29(37)39-16-14-31(5,6)7/h8-12,18-19,21,25,34-35H,13-17,20H2,1-7H3/t21-,25+/m1/s1. The van der Waals surface area contributed by atoms with E-state index < -0.39 is 23.8 Å². The summed E-state index contributed by atoms with van der Waals surface area (Å²) in [6.45, 7) is 14.8. The number of ether oxygens (including phenoxy) is 4. The molecule has 0 fully saturated rings. The van der Waals surface area contributed by atoms with Gasteiger partial charge in [-0.2, -0.15) is 0 Å². The topological polar surface area (TPSA) is 103 Å². The smallest absolute Gasteiger partial charge is 0.453 e.